The molecule has 2 bridgehead atoms. The van der Waals surface area contributed by atoms with E-state index in [2.05, 4.69) is 39.6 Å². The highest BCUT2D eigenvalue weighted by Gasteiger charge is 2.38. The van der Waals surface area contributed by atoms with E-state index < -0.39 is 0 Å². The summed E-state index contributed by atoms with van der Waals surface area (Å²) in [5.41, 5.74) is 1.14. The molecule has 2 unspecified atom stereocenters. The minimum atomic E-state index is 0.551. The second-order valence-electron chi connectivity index (χ2n) is 6.14. The number of fused-ring (bicyclic) bond motifs is 2. The first kappa shape index (κ1) is 13.2. The number of rotatable bonds is 3. The molecule has 0 radical (unpaired) electrons. The quantitative estimate of drug-likeness (QED) is 0.945. The predicted molar refractivity (Wildman–Crippen MR) is 86.6 cm³/mol. The third-order valence-electron chi connectivity index (χ3n) is 4.87. The molecule has 3 heterocycles. The molecule has 2 fully saturated rings. The Balaban J connectivity index is 1.45. The standard InChI is InChI=1S/C16H20N4S/c1-20-13-7-8-14(20)10-12(9-13)17-16-19-18-15(21-16)11-5-3-2-4-6-11/h2-6,12-14H,7-10H2,1H3,(H,17,19). The Morgan fingerprint density at radius 2 is 1.81 bits per heavy atom. The lowest BCUT2D eigenvalue weighted by Crippen LogP contribution is -2.44. The molecular weight excluding hydrogens is 280 g/mol. The number of benzene rings is 1. The molecule has 2 aliphatic rings. The SMILES string of the molecule is CN1C2CCC1CC(Nc1nnc(-c3ccccc3)s1)C2. The highest BCUT2D eigenvalue weighted by atomic mass is 32.1. The zero-order valence-electron chi connectivity index (χ0n) is 12.2. The van der Waals surface area contributed by atoms with E-state index in [1.807, 2.05) is 18.2 Å². The smallest absolute Gasteiger partial charge is 0.206 e. The van der Waals surface area contributed by atoms with Gasteiger partial charge in [-0.1, -0.05) is 41.7 Å². The van der Waals surface area contributed by atoms with Crippen LogP contribution in [0, 0.1) is 0 Å². The van der Waals surface area contributed by atoms with Crippen LogP contribution in [0.5, 0.6) is 0 Å². The maximum Gasteiger partial charge on any atom is 0.206 e. The van der Waals surface area contributed by atoms with Gasteiger partial charge in [-0.05, 0) is 32.7 Å². The lowest BCUT2D eigenvalue weighted by molar-refractivity contribution is 0.169. The molecule has 0 aliphatic carbocycles. The first-order chi connectivity index (χ1) is 10.3. The molecule has 21 heavy (non-hydrogen) atoms. The molecule has 2 saturated heterocycles. The first-order valence-electron chi connectivity index (χ1n) is 7.67. The van der Waals surface area contributed by atoms with Gasteiger partial charge in [-0.3, -0.25) is 0 Å². The normalized spacial score (nSPS) is 28.7. The van der Waals surface area contributed by atoms with E-state index in [0.717, 1.165) is 27.8 Å². The summed E-state index contributed by atoms with van der Waals surface area (Å²) in [7, 11) is 2.27. The predicted octanol–water partition coefficient (Wildman–Crippen LogP) is 3.24. The summed E-state index contributed by atoms with van der Waals surface area (Å²) < 4.78 is 0. The van der Waals surface area contributed by atoms with Crippen LogP contribution in [0.2, 0.25) is 0 Å². The van der Waals surface area contributed by atoms with Crippen molar-refractivity contribution in [2.45, 2.75) is 43.8 Å². The van der Waals surface area contributed by atoms with Gasteiger partial charge < -0.3 is 10.2 Å². The molecule has 0 amide bonds. The molecule has 5 heteroatoms. The first-order valence-corrected chi connectivity index (χ1v) is 8.48. The summed E-state index contributed by atoms with van der Waals surface area (Å²) in [6, 6.07) is 12.3. The van der Waals surface area contributed by atoms with E-state index in [1.54, 1.807) is 11.3 Å². The van der Waals surface area contributed by atoms with Crippen molar-refractivity contribution in [2.75, 3.05) is 12.4 Å². The largest absolute Gasteiger partial charge is 0.357 e. The number of hydrogen-bond acceptors (Lipinski definition) is 5. The number of nitrogens with zero attached hydrogens (tertiary/aromatic N) is 3. The van der Waals surface area contributed by atoms with E-state index in [9.17, 15) is 0 Å². The number of anilines is 1. The fourth-order valence-corrected chi connectivity index (χ4v) is 4.51. The van der Waals surface area contributed by atoms with Gasteiger partial charge in [0.2, 0.25) is 5.13 Å². The van der Waals surface area contributed by atoms with E-state index in [4.69, 9.17) is 0 Å². The molecule has 2 atom stereocenters. The molecule has 1 aromatic heterocycles. The van der Waals surface area contributed by atoms with Crippen LogP contribution in [0.25, 0.3) is 10.6 Å². The van der Waals surface area contributed by atoms with Crippen LogP contribution in [0.15, 0.2) is 30.3 Å². The van der Waals surface area contributed by atoms with Crippen LogP contribution in [-0.2, 0) is 0 Å². The molecule has 0 spiro atoms. The monoisotopic (exact) mass is 300 g/mol. The Hall–Kier alpha value is -1.46. The zero-order chi connectivity index (χ0) is 14.2. The second kappa shape index (κ2) is 5.39. The fraction of sp³-hybridized carbons (Fsp3) is 0.500. The fourth-order valence-electron chi connectivity index (χ4n) is 3.68. The van der Waals surface area contributed by atoms with Gasteiger partial charge in [0.05, 0.1) is 0 Å². The van der Waals surface area contributed by atoms with Crippen molar-refractivity contribution in [3.63, 3.8) is 0 Å². The Morgan fingerprint density at radius 3 is 2.52 bits per heavy atom. The molecule has 2 aliphatic heterocycles. The van der Waals surface area contributed by atoms with Gasteiger partial charge in [0, 0.05) is 23.7 Å². The summed E-state index contributed by atoms with van der Waals surface area (Å²) >= 11 is 1.66. The van der Waals surface area contributed by atoms with Crippen LogP contribution < -0.4 is 5.32 Å². The van der Waals surface area contributed by atoms with Crippen molar-refractivity contribution in [3.8, 4) is 10.6 Å². The van der Waals surface area contributed by atoms with Crippen molar-refractivity contribution in [2.24, 2.45) is 0 Å². The molecule has 4 nitrogen and oxygen atoms in total. The maximum absolute atomic E-state index is 4.32. The Bertz CT molecular complexity index is 598. The topological polar surface area (TPSA) is 41.0 Å². The highest BCUT2D eigenvalue weighted by Crippen LogP contribution is 2.36. The maximum atomic E-state index is 4.32. The van der Waals surface area contributed by atoms with Crippen molar-refractivity contribution in [1.82, 2.24) is 15.1 Å². The Morgan fingerprint density at radius 1 is 1.10 bits per heavy atom. The molecule has 2 aromatic rings. The van der Waals surface area contributed by atoms with Gasteiger partial charge >= 0.3 is 0 Å². The van der Waals surface area contributed by atoms with Gasteiger partial charge in [0.25, 0.3) is 0 Å². The molecule has 4 rings (SSSR count). The van der Waals surface area contributed by atoms with Crippen LogP contribution in [0.3, 0.4) is 0 Å². The van der Waals surface area contributed by atoms with Crippen molar-refractivity contribution >= 4 is 16.5 Å². The zero-order valence-corrected chi connectivity index (χ0v) is 13.0. The molecule has 1 aromatic carbocycles. The summed E-state index contributed by atoms with van der Waals surface area (Å²) in [6.07, 6.45) is 5.16. The van der Waals surface area contributed by atoms with Gasteiger partial charge in [-0.25, -0.2) is 0 Å². The molecular formula is C16H20N4S. The molecule has 0 saturated carbocycles. The van der Waals surface area contributed by atoms with Crippen LogP contribution >= 0.6 is 11.3 Å². The molecule has 1 N–H and O–H groups in total. The van der Waals surface area contributed by atoms with Crippen molar-refractivity contribution in [3.05, 3.63) is 30.3 Å². The average Bonchev–Trinajstić information content (AvgIpc) is 3.03. The Labute approximate surface area is 129 Å². The number of hydrogen-bond donors (Lipinski definition) is 1. The summed E-state index contributed by atoms with van der Waals surface area (Å²) in [6.45, 7) is 0. The average molecular weight is 300 g/mol. The summed E-state index contributed by atoms with van der Waals surface area (Å²) in [5.74, 6) is 0. The Kier molecular flexibility index (Phi) is 3.39. The third-order valence-corrected chi connectivity index (χ3v) is 5.78. The highest BCUT2D eigenvalue weighted by molar-refractivity contribution is 7.18. The summed E-state index contributed by atoms with van der Waals surface area (Å²) in [4.78, 5) is 2.56. The number of piperidine rings is 1. The number of nitrogens with one attached hydrogen (secondary N) is 1. The van der Waals surface area contributed by atoms with Crippen LogP contribution in [0.1, 0.15) is 25.7 Å². The second-order valence-corrected chi connectivity index (χ2v) is 7.12. The minimum Gasteiger partial charge on any atom is -0.357 e. The van der Waals surface area contributed by atoms with Gasteiger partial charge in [0.15, 0.2) is 0 Å². The lowest BCUT2D eigenvalue weighted by atomic mass is 9.98. The van der Waals surface area contributed by atoms with E-state index in [1.165, 1.54) is 25.7 Å². The van der Waals surface area contributed by atoms with Gasteiger partial charge in [-0.15, -0.1) is 10.2 Å². The number of aromatic nitrogens is 2. The van der Waals surface area contributed by atoms with E-state index in [-0.39, 0.29) is 0 Å². The van der Waals surface area contributed by atoms with E-state index >= 15 is 0 Å². The van der Waals surface area contributed by atoms with Crippen molar-refractivity contribution in [1.29, 1.82) is 0 Å². The molecule has 110 valence electrons. The van der Waals surface area contributed by atoms with E-state index in [0.29, 0.717) is 6.04 Å². The minimum absolute atomic E-state index is 0.551. The lowest BCUT2D eigenvalue weighted by Gasteiger charge is -2.36. The van der Waals surface area contributed by atoms with Gasteiger partial charge in [0.1, 0.15) is 5.01 Å². The van der Waals surface area contributed by atoms with Crippen LogP contribution in [0.4, 0.5) is 5.13 Å². The third kappa shape index (κ3) is 2.56. The van der Waals surface area contributed by atoms with Crippen molar-refractivity contribution < 1.29 is 0 Å². The van der Waals surface area contributed by atoms with Gasteiger partial charge in [-0.2, -0.15) is 0 Å². The van der Waals surface area contributed by atoms with Crippen LogP contribution in [-0.4, -0.2) is 40.3 Å². The summed E-state index contributed by atoms with van der Waals surface area (Å²) in [5, 5.41) is 14.2.